The van der Waals surface area contributed by atoms with Gasteiger partial charge in [0.15, 0.2) is 5.82 Å². The lowest BCUT2D eigenvalue weighted by atomic mass is 10.2. The summed E-state index contributed by atoms with van der Waals surface area (Å²) in [5.41, 5.74) is 1.80. The van der Waals surface area contributed by atoms with Crippen LogP contribution in [0.2, 0.25) is 0 Å². The third-order valence-electron chi connectivity index (χ3n) is 2.94. The topological polar surface area (TPSA) is 88.6 Å². The van der Waals surface area contributed by atoms with Crippen molar-refractivity contribution < 1.29 is 4.74 Å². The number of pyridine rings is 1. The van der Waals surface area contributed by atoms with Gasteiger partial charge in [0.1, 0.15) is 11.3 Å². The summed E-state index contributed by atoms with van der Waals surface area (Å²) in [6, 6.07) is 9.91. The predicted octanol–water partition coefficient (Wildman–Crippen LogP) is 1.05. The van der Waals surface area contributed by atoms with E-state index in [0.29, 0.717) is 18.9 Å². The number of tetrazole rings is 1. The maximum Gasteiger partial charge on any atom is 0.188 e. The van der Waals surface area contributed by atoms with Gasteiger partial charge < -0.3 is 10.1 Å². The highest BCUT2D eigenvalue weighted by Gasteiger charge is 2.04. The third kappa shape index (κ3) is 2.57. The molecule has 0 spiro atoms. The van der Waals surface area contributed by atoms with Crippen molar-refractivity contribution in [1.82, 2.24) is 30.9 Å². The van der Waals surface area contributed by atoms with Gasteiger partial charge in [0, 0.05) is 11.9 Å². The van der Waals surface area contributed by atoms with E-state index in [0.717, 1.165) is 22.3 Å². The van der Waals surface area contributed by atoms with Gasteiger partial charge in [0.05, 0.1) is 19.3 Å². The highest BCUT2D eigenvalue weighted by molar-refractivity contribution is 5.84. The van der Waals surface area contributed by atoms with Gasteiger partial charge in [0.25, 0.3) is 0 Å². The second-order valence-electron chi connectivity index (χ2n) is 4.27. The maximum atomic E-state index is 5.33. The van der Waals surface area contributed by atoms with E-state index in [1.165, 1.54) is 0 Å². The molecule has 102 valence electrons. The Kier molecular flexibility index (Phi) is 3.51. The molecule has 0 unspecified atom stereocenters. The molecule has 0 bridgehead atoms. The minimum Gasteiger partial charge on any atom is -0.494 e. The first-order valence-corrected chi connectivity index (χ1v) is 6.22. The van der Waals surface area contributed by atoms with Crippen LogP contribution < -0.4 is 10.1 Å². The Balaban J connectivity index is 1.75. The highest BCUT2D eigenvalue weighted by Crippen LogP contribution is 2.23. The molecule has 1 aromatic carbocycles. The van der Waals surface area contributed by atoms with Crippen LogP contribution in [-0.4, -0.2) is 32.7 Å². The molecule has 2 N–H and O–H groups in total. The molecule has 0 radical (unpaired) electrons. The Morgan fingerprint density at radius 3 is 2.95 bits per heavy atom. The average Bonchev–Trinajstić information content (AvgIpc) is 3.00. The molecule has 0 fully saturated rings. The van der Waals surface area contributed by atoms with Crippen LogP contribution in [0.5, 0.6) is 5.75 Å². The van der Waals surface area contributed by atoms with E-state index in [1.54, 1.807) is 7.11 Å². The van der Waals surface area contributed by atoms with Crippen molar-refractivity contribution in [3.8, 4) is 5.75 Å². The molecule has 20 heavy (non-hydrogen) atoms. The first-order chi connectivity index (χ1) is 9.86. The van der Waals surface area contributed by atoms with E-state index < -0.39 is 0 Å². The number of ether oxygens (including phenoxy) is 1. The molecule has 7 nitrogen and oxygen atoms in total. The number of nitrogens with one attached hydrogen (secondary N) is 2. The van der Waals surface area contributed by atoms with Crippen molar-refractivity contribution in [3.63, 3.8) is 0 Å². The predicted molar refractivity (Wildman–Crippen MR) is 73.0 cm³/mol. The molecule has 0 aliphatic carbocycles. The lowest BCUT2D eigenvalue weighted by Gasteiger charge is -2.07. The molecule has 0 saturated heterocycles. The lowest BCUT2D eigenvalue weighted by Crippen LogP contribution is -2.14. The van der Waals surface area contributed by atoms with E-state index >= 15 is 0 Å². The highest BCUT2D eigenvalue weighted by atomic mass is 16.5. The number of hydrogen-bond donors (Lipinski definition) is 2. The standard InChI is InChI=1S/C13H14N6O/c1-20-11-4-2-3-9-5-6-10(15-13(9)11)7-14-8-12-16-18-19-17-12/h2-6,14H,7-8H2,1H3,(H,16,17,18,19). The number of methoxy groups -OCH3 is 1. The molecule has 3 aromatic rings. The first-order valence-electron chi connectivity index (χ1n) is 6.22. The van der Waals surface area contributed by atoms with E-state index in [-0.39, 0.29) is 0 Å². The van der Waals surface area contributed by atoms with Crippen molar-refractivity contribution >= 4 is 10.9 Å². The Morgan fingerprint density at radius 1 is 1.20 bits per heavy atom. The fraction of sp³-hybridized carbons (Fsp3) is 0.231. The molecule has 0 aliphatic heterocycles. The fourth-order valence-corrected chi connectivity index (χ4v) is 1.98. The lowest BCUT2D eigenvalue weighted by molar-refractivity contribution is 0.418. The zero-order valence-corrected chi connectivity index (χ0v) is 11.0. The van der Waals surface area contributed by atoms with Gasteiger partial charge >= 0.3 is 0 Å². The van der Waals surface area contributed by atoms with Crippen molar-refractivity contribution in [2.24, 2.45) is 0 Å². The van der Waals surface area contributed by atoms with E-state index in [1.807, 2.05) is 30.3 Å². The summed E-state index contributed by atoms with van der Waals surface area (Å²) in [6.45, 7) is 1.17. The third-order valence-corrected chi connectivity index (χ3v) is 2.94. The maximum absolute atomic E-state index is 5.33. The number of aromatic amines is 1. The zero-order valence-electron chi connectivity index (χ0n) is 11.0. The van der Waals surface area contributed by atoms with Crippen molar-refractivity contribution in [1.29, 1.82) is 0 Å². The Bertz CT molecular complexity index is 697. The molecular formula is C13H14N6O. The monoisotopic (exact) mass is 270 g/mol. The van der Waals surface area contributed by atoms with E-state index in [2.05, 4.69) is 30.9 Å². The van der Waals surface area contributed by atoms with Crippen LogP contribution in [0, 0.1) is 0 Å². The van der Waals surface area contributed by atoms with Gasteiger partial charge in [-0.25, -0.2) is 4.98 Å². The van der Waals surface area contributed by atoms with Crippen molar-refractivity contribution in [2.75, 3.05) is 7.11 Å². The smallest absolute Gasteiger partial charge is 0.188 e. The minimum absolute atomic E-state index is 0.544. The summed E-state index contributed by atoms with van der Waals surface area (Å²) in [5.74, 6) is 1.41. The van der Waals surface area contributed by atoms with Gasteiger partial charge in [-0.05, 0) is 12.1 Å². The Hall–Kier alpha value is -2.54. The van der Waals surface area contributed by atoms with E-state index in [9.17, 15) is 0 Å². The molecule has 7 heteroatoms. The second kappa shape index (κ2) is 5.62. The number of hydrogen-bond acceptors (Lipinski definition) is 6. The van der Waals surface area contributed by atoms with Crippen LogP contribution in [0.15, 0.2) is 30.3 Å². The van der Waals surface area contributed by atoms with Crippen LogP contribution in [0.3, 0.4) is 0 Å². The van der Waals surface area contributed by atoms with Crippen molar-refractivity contribution in [2.45, 2.75) is 13.1 Å². The number of fused-ring (bicyclic) bond motifs is 1. The quantitative estimate of drug-likeness (QED) is 0.720. The molecule has 0 aliphatic rings. The van der Waals surface area contributed by atoms with Gasteiger partial charge in [-0.2, -0.15) is 5.21 Å². The number of aromatic nitrogens is 5. The Labute approximate surface area is 115 Å². The molecule has 0 amide bonds. The summed E-state index contributed by atoms with van der Waals surface area (Å²) in [7, 11) is 1.65. The molecule has 0 saturated carbocycles. The molecular weight excluding hydrogens is 256 g/mol. The molecule has 0 atom stereocenters. The van der Waals surface area contributed by atoms with Crippen LogP contribution in [0.1, 0.15) is 11.5 Å². The molecule has 2 aromatic heterocycles. The van der Waals surface area contributed by atoms with Gasteiger partial charge in [-0.3, -0.25) is 0 Å². The number of benzene rings is 1. The minimum atomic E-state index is 0.544. The molecule has 2 heterocycles. The second-order valence-corrected chi connectivity index (χ2v) is 4.27. The van der Waals surface area contributed by atoms with Crippen LogP contribution in [-0.2, 0) is 13.1 Å². The normalized spacial score (nSPS) is 10.8. The number of para-hydroxylation sites is 1. The summed E-state index contributed by atoms with van der Waals surface area (Å²) in [5, 5.41) is 17.9. The van der Waals surface area contributed by atoms with Gasteiger partial charge in [0.2, 0.25) is 0 Å². The van der Waals surface area contributed by atoms with E-state index in [4.69, 9.17) is 4.74 Å². The SMILES string of the molecule is COc1cccc2ccc(CNCc3nn[nH]n3)nc12. The van der Waals surface area contributed by atoms with Crippen molar-refractivity contribution in [3.05, 3.63) is 41.9 Å². The van der Waals surface area contributed by atoms with Crippen LogP contribution in [0.25, 0.3) is 10.9 Å². The van der Waals surface area contributed by atoms with Crippen LogP contribution in [0.4, 0.5) is 0 Å². The number of rotatable bonds is 5. The Morgan fingerprint density at radius 2 is 2.15 bits per heavy atom. The summed E-state index contributed by atoms with van der Waals surface area (Å²) in [6.07, 6.45) is 0. The first kappa shape index (κ1) is 12.5. The number of H-pyrrole nitrogens is 1. The van der Waals surface area contributed by atoms with Crippen LogP contribution >= 0.6 is 0 Å². The molecule has 3 rings (SSSR count). The fourth-order valence-electron chi connectivity index (χ4n) is 1.98. The summed E-state index contributed by atoms with van der Waals surface area (Å²) >= 11 is 0. The number of nitrogens with zero attached hydrogens (tertiary/aromatic N) is 4. The average molecular weight is 270 g/mol. The van der Waals surface area contributed by atoms with Gasteiger partial charge in [-0.1, -0.05) is 23.4 Å². The zero-order chi connectivity index (χ0) is 13.8. The summed E-state index contributed by atoms with van der Waals surface area (Å²) < 4.78 is 5.33. The largest absolute Gasteiger partial charge is 0.494 e. The summed E-state index contributed by atoms with van der Waals surface area (Å²) in [4.78, 5) is 4.61. The van der Waals surface area contributed by atoms with Gasteiger partial charge in [-0.15, -0.1) is 10.2 Å².